The number of carbonyl (C=O) groups excluding carboxylic acids is 1. The van der Waals surface area contributed by atoms with Crippen molar-refractivity contribution in [3.8, 4) is 11.5 Å². The Labute approximate surface area is 240 Å². The Morgan fingerprint density at radius 3 is 2.58 bits per heavy atom. The third-order valence-electron chi connectivity index (χ3n) is 6.46. The fourth-order valence-corrected chi connectivity index (χ4v) is 5.75. The number of rotatable bonds is 8. The molecule has 4 aromatic rings. The number of halogens is 1. The number of hydrogen-bond acceptors (Lipinski definition) is 7. The van der Waals surface area contributed by atoms with Crippen molar-refractivity contribution in [2.24, 2.45) is 4.99 Å². The van der Waals surface area contributed by atoms with Crippen molar-refractivity contribution in [2.75, 3.05) is 13.7 Å². The van der Waals surface area contributed by atoms with Gasteiger partial charge in [-0.05, 0) is 61.4 Å². The molecule has 1 aliphatic heterocycles. The Bertz CT molecular complexity index is 1770. The molecule has 5 rings (SSSR count). The van der Waals surface area contributed by atoms with Crippen LogP contribution in [0.15, 0.2) is 93.9 Å². The van der Waals surface area contributed by atoms with E-state index >= 15 is 0 Å². The first-order valence-electron chi connectivity index (χ1n) is 12.7. The van der Waals surface area contributed by atoms with Gasteiger partial charge in [0.05, 0.1) is 35.6 Å². The van der Waals surface area contributed by atoms with Gasteiger partial charge in [-0.2, -0.15) is 0 Å². The second kappa shape index (κ2) is 11.9. The normalized spacial score (nSPS) is 14.9. The van der Waals surface area contributed by atoms with Crippen LogP contribution in [0.2, 0.25) is 5.02 Å². The molecule has 1 aliphatic rings. The quantitative estimate of drug-likeness (QED) is 0.276. The van der Waals surface area contributed by atoms with E-state index in [-0.39, 0.29) is 12.2 Å². The molecule has 7 nitrogen and oxygen atoms in total. The smallest absolute Gasteiger partial charge is 0.338 e. The topological polar surface area (TPSA) is 79.1 Å². The Balaban J connectivity index is 1.55. The number of esters is 1. The molecule has 0 fully saturated rings. The van der Waals surface area contributed by atoms with Crippen LogP contribution >= 0.6 is 22.9 Å². The maximum Gasteiger partial charge on any atom is 0.338 e. The number of methoxy groups -OCH3 is 1. The molecule has 1 aromatic heterocycles. The van der Waals surface area contributed by atoms with Crippen molar-refractivity contribution in [3.05, 3.63) is 125 Å². The van der Waals surface area contributed by atoms with Gasteiger partial charge >= 0.3 is 5.97 Å². The van der Waals surface area contributed by atoms with E-state index in [0.29, 0.717) is 43.7 Å². The van der Waals surface area contributed by atoms with Gasteiger partial charge < -0.3 is 14.2 Å². The summed E-state index contributed by atoms with van der Waals surface area (Å²) in [7, 11) is 1.59. The minimum Gasteiger partial charge on any atom is -0.497 e. The van der Waals surface area contributed by atoms with E-state index in [2.05, 4.69) is 4.99 Å². The molecule has 1 atom stereocenters. The monoisotopic (exact) mass is 574 g/mol. The molecule has 204 valence electrons. The highest BCUT2D eigenvalue weighted by Crippen LogP contribution is 2.31. The first-order chi connectivity index (χ1) is 19.4. The van der Waals surface area contributed by atoms with Gasteiger partial charge in [0.1, 0.15) is 18.1 Å². The number of nitrogens with zero attached hydrogens (tertiary/aromatic N) is 2. The molecular formula is C31H27ClN2O5S. The van der Waals surface area contributed by atoms with E-state index in [1.54, 1.807) is 43.7 Å². The standard InChI is InChI=1S/C31H27ClN2O5S/c1-4-38-30(36)27-19(2)33-31-34(28(27)21-12-14-23(37-3)15-13-21)29(35)26(40-31)17-20-8-7-10-24(16-20)39-18-22-9-5-6-11-25(22)32/h5-17,28H,4,18H2,1-3H3/b26-17-. The second-order valence-corrected chi connectivity index (χ2v) is 10.4. The summed E-state index contributed by atoms with van der Waals surface area (Å²) in [5, 5.41) is 0.642. The average Bonchev–Trinajstić information content (AvgIpc) is 3.26. The van der Waals surface area contributed by atoms with E-state index in [4.69, 9.17) is 25.8 Å². The van der Waals surface area contributed by atoms with Gasteiger partial charge in [-0.25, -0.2) is 9.79 Å². The molecule has 9 heteroatoms. The fraction of sp³-hybridized carbons (Fsp3) is 0.194. The van der Waals surface area contributed by atoms with Gasteiger partial charge in [0, 0.05) is 10.6 Å². The van der Waals surface area contributed by atoms with Crippen LogP contribution < -0.4 is 24.4 Å². The summed E-state index contributed by atoms with van der Waals surface area (Å²) in [5.74, 6) is 0.825. The molecule has 1 unspecified atom stereocenters. The summed E-state index contributed by atoms with van der Waals surface area (Å²) in [6, 6.07) is 21.6. The van der Waals surface area contributed by atoms with Crippen LogP contribution in [-0.4, -0.2) is 24.3 Å². The van der Waals surface area contributed by atoms with Crippen molar-refractivity contribution in [3.63, 3.8) is 0 Å². The summed E-state index contributed by atoms with van der Waals surface area (Å²) in [4.78, 5) is 32.0. The summed E-state index contributed by atoms with van der Waals surface area (Å²) in [6.07, 6.45) is 1.81. The zero-order chi connectivity index (χ0) is 28.2. The maximum absolute atomic E-state index is 13.8. The summed E-state index contributed by atoms with van der Waals surface area (Å²) < 4.78 is 18.7. The highest BCUT2D eigenvalue weighted by molar-refractivity contribution is 7.07. The SMILES string of the molecule is CCOC(=O)C1=C(C)N=c2s/c(=C\c3cccc(OCc4ccccc4Cl)c3)c(=O)n2C1c1ccc(OC)cc1. The first kappa shape index (κ1) is 27.4. The summed E-state index contributed by atoms with van der Waals surface area (Å²) >= 11 is 7.53. The van der Waals surface area contributed by atoms with Crippen molar-refractivity contribution in [2.45, 2.75) is 26.5 Å². The molecule has 40 heavy (non-hydrogen) atoms. The fourth-order valence-electron chi connectivity index (χ4n) is 4.52. The number of allylic oxidation sites excluding steroid dienone is 1. The third kappa shape index (κ3) is 5.59. The van der Waals surface area contributed by atoms with Crippen LogP contribution in [0.4, 0.5) is 0 Å². The van der Waals surface area contributed by atoms with Crippen LogP contribution in [0.5, 0.6) is 11.5 Å². The van der Waals surface area contributed by atoms with Gasteiger partial charge in [-0.3, -0.25) is 9.36 Å². The van der Waals surface area contributed by atoms with Crippen molar-refractivity contribution >= 4 is 35.0 Å². The molecule has 3 aromatic carbocycles. The first-order valence-corrected chi connectivity index (χ1v) is 13.9. The van der Waals surface area contributed by atoms with Gasteiger partial charge in [0.25, 0.3) is 5.56 Å². The second-order valence-electron chi connectivity index (χ2n) is 9.03. The number of ether oxygens (including phenoxy) is 3. The van der Waals surface area contributed by atoms with Gasteiger partial charge in [-0.15, -0.1) is 0 Å². The number of carbonyl (C=O) groups is 1. The van der Waals surface area contributed by atoms with Gasteiger partial charge in [0.2, 0.25) is 0 Å². The summed E-state index contributed by atoms with van der Waals surface area (Å²) in [6.45, 7) is 4.05. The minimum atomic E-state index is -0.686. The predicted molar refractivity (Wildman–Crippen MR) is 156 cm³/mol. The zero-order valence-corrected chi connectivity index (χ0v) is 23.8. The molecule has 2 heterocycles. The highest BCUT2D eigenvalue weighted by atomic mass is 35.5. The zero-order valence-electron chi connectivity index (χ0n) is 22.2. The number of thiazole rings is 1. The van der Waals surface area contributed by atoms with Crippen LogP contribution in [-0.2, 0) is 16.1 Å². The number of benzene rings is 3. The van der Waals surface area contributed by atoms with E-state index in [0.717, 1.165) is 16.7 Å². The summed E-state index contributed by atoms with van der Waals surface area (Å²) in [5.41, 5.74) is 3.03. The lowest BCUT2D eigenvalue weighted by atomic mass is 9.96. The molecule has 0 saturated carbocycles. The van der Waals surface area contributed by atoms with E-state index < -0.39 is 12.0 Å². The van der Waals surface area contributed by atoms with Crippen molar-refractivity contribution in [1.82, 2.24) is 4.57 Å². The number of aromatic nitrogens is 1. The lowest BCUT2D eigenvalue weighted by molar-refractivity contribution is -0.139. The molecule has 0 saturated heterocycles. The average molecular weight is 575 g/mol. The van der Waals surface area contributed by atoms with Crippen molar-refractivity contribution < 1.29 is 19.0 Å². The lowest BCUT2D eigenvalue weighted by Crippen LogP contribution is -2.39. The molecule has 0 spiro atoms. The van der Waals surface area contributed by atoms with Crippen LogP contribution in [0, 0.1) is 0 Å². The van der Waals surface area contributed by atoms with Crippen LogP contribution in [0.25, 0.3) is 6.08 Å². The molecule has 0 radical (unpaired) electrons. The van der Waals surface area contributed by atoms with E-state index in [1.165, 1.54) is 11.3 Å². The maximum atomic E-state index is 13.8. The Kier molecular flexibility index (Phi) is 8.19. The molecule has 0 amide bonds. The Morgan fingerprint density at radius 2 is 1.85 bits per heavy atom. The van der Waals surface area contributed by atoms with Crippen LogP contribution in [0.1, 0.15) is 36.6 Å². The Morgan fingerprint density at radius 1 is 1.07 bits per heavy atom. The van der Waals surface area contributed by atoms with E-state index in [1.807, 2.05) is 60.7 Å². The van der Waals surface area contributed by atoms with E-state index in [9.17, 15) is 9.59 Å². The Hall–Kier alpha value is -4.14. The molecule has 0 N–H and O–H groups in total. The molecule has 0 bridgehead atoms. The molecule has 0 aliphatic carbocycles. The predicted octanol–water partition coefficient (Wildman–Crippen LogP) is 5.04. The highest BCUT2D eigenvalue weighted by Gasteiger charge is 2.33. The third-order valence-corrected chi connectivity index (χ3v) is 7.81. The van der Waals surface area contributed by atoms with Crippen LogP contribution in [0.3, 0.4) is 0 Å². The largest absolute Gasteiger partial charge is 0.497 e. The number of fused-ring (bicyclic) bond motifs is 1. The van der Waals surface area contributed by atoms with Gasteiger partial charge in [-0.1, -0.05) is 65.4 Å². The number of hydrogen-bond donors (Lipinski definition) is 0. The van der Waals surface area contributed by atoms with Gasteiger partial charge in [0.15, 0.2) is 4.80 Å². The van der Waals surface area contributed by atoms with Crippen molar-refractivity contribution in [1.29, 1.82) is 0 Å². The minimum absolute atomic E-state index is 0.213. The lowest BCUT2D eigenvalue weighted by Gasteiger charge is -2.24. The molecular weight excluding hydrogens is 548 g/mol.